The van der Waals surface area contributed by atoms with E-state index in [4.69, 9.17) is 4.74 Å². The van der Waals surface area contributed by atoms with Crippen molar-refractivity contribution in [3.63, 3.8) is 0 Å². The quantitative estimate of drug-likeness (QED) is 0.777. The molecule has 20 heavy (non-hydrogen) atoms. The molecule has 5 unspecified atom stereocenters. The number of alkyl halides is 3. The molecule has 2 N–H and O–H groups in total. The number of hydrogen-bond donors (Lipinski definition) is 2. The fourth-order valence-corrected chi connectivity index (χ4v) is 3.03. The molecule has 0 amide bonds. The van der Waals surface area contributed by atoms with Gasteiger partial charge in [0.1, 0.15) is 17.6 Å². The Morgan fingerprint density at radius 3 is 2.90 bits per heavy atom. The highest BCUT2D eigenvalue weighted by molar-refractivity contribution is 8.14. The fourth-order valence-electron chi connectivity index (χ4n) is 1.92. The lowest BCUT2D eigenvalue weighted by Gasteiger charge is -2.37. The van der Waals surface area contributed by atoms with Crippen LogP contribution in [0.2, 0.25) is 0 Å². The number of rotatable bonds is 3. The van der Waals surface area contributed by atoms with Crippen molar-refractivity contribution >= 4 is 16.9 Å². The molecule has 2 fully saturated rings. The number of aliphatic hydroxyl groups excluding tert-OH is 1. The zero-order chi connectivity index (χ0) is 14.9. The number of nitrogens with one attached hydrogen (secondary N) is 1. The van der Waals surface area contributed by atoms with Gasteiger partial charge in [0.15, 0.2) is 11.3 Å². The zero-order valence-electron chi connectivity index (χ0n) is 10.5. The van der Waals surface area contributed by atoms with Crippen LogP contribution in [0.3, 0.4) is 0 Å². The topological polar surface area (TPSA) is 53.9 Å². The first kappa shape index (κ1) is 15.6. The van der Waals surface area contributed by atoms with Gasteiger partial charge in [-0.3, -0.25) is 4.99 Å². The van der Waals surface area contributed by atoms with E-state index in [-0.39, 0.29) is 11.7 Å². The van der Waals surface area contributed by atoms with E-state index in [0.717, 1.165) is 11.8 Å². The van der Waals surface area contributed by atoms with Crippen LogP contribution in [0.5, 0.6) is 0 Å². The maximum Gasteiger partial charge on any atom is 0.267 e. The standard InChI is InChI=1S/C11H14F4N2O2S/c1-4(2-12)3-16-11-17-6-5(13)7(18)8(9(14)15)19-10(6)20-11/h2,5-10,18H,3H2,1H3,(H,16,17). The van der Waals surface area contributed by atoms with Crippen LogP contribution in [0.15, 0.2) is 16.9 Å². The molecule has 2 aliphatic heterocycles. The number of fused-ring (bicyclic) bond motifs is 1. The first-order chi connectivity index (χ1) is 9.43. The summed E-state index contributed by atoms with van der Waals surface area (Å²) >= 11 is 0.957. The van der Waals surface area contributed by atoms with Crippen LogP contribution in [0.1, 0.15) is 6.92 Å². The van der Waals surface area contributed by atoms with Gasteiger partial charge in [-0.05, 0) is 12.5 Å². The van der Waals surface area contributed by atoms with Gasteiger partial charge in [-0.1, -0.05) is 11.8 Å². The molecule has 0 saturated carbocycles. The maximum absolute atomic E-state index is 13.9. The lowest BCUT2D eigenvalue weighted by molar-refractivity contribution is -0.180. The van der Waals surface area contributed by atoms with E-state index in [9.17, 15) is 22.7 Å². The van der Waals surface area contributed by atoms with E-state index in [1.165, 1.54) is 6.92 Å². The molecular formula is C11H14F4N2O2S. The lowest BCUT2D eigenvalue weighted by Crippen LogP contribution is -2.58. The zero-order valence-corrected chi connectivity index (χ0v) is 11.3. The highest BCUT2D eigenvalue weighted by Crippen LogP contribution is 2.36. The van der Waals surface area contributed by atoms with Crippen LogP contribution in [0, 0.1) is 0 Å². The second-order valence-electron chi connectivity index (χ2n) is 4.60. The molecule has 2 heterocycles. The molecule has 4 nitrogen and oxygen atoms in total. The fraction of sp³-hybridized carbons (Fsp3) is 0.727. The van der Waals surface area contributed by atoms with Crippen molar-refractivity contribution < 1.29 is 27.4 Å². The van der Waals surface area contributed by atoms with Crippen LogP contribution in [0.25, 0.3) is 0 Å². The highest BCUT2D eigenvalue weighted by Gasteiger charge is 2.52. The Bertz CT molecular complexity index is 421. The Morgan fingerprint density at radius 2 is 2.30 bits per heavy atom. The van der Waals surface area contributed by atoms with Gasteiger partial charge in [0.25, 0.3) is 6.43 Å². The smallest absolute Gasteiger partial charge is 0.267 e. The van der Waals surface area contributed by atoms with Gasteiger partial charge >= 0.3 is 0 Å². The van der Waals surface area contributed by atoms with E-state index in [1.807, 2.05) is 0 Å². The minimum absolute atomic E-state index is 0.0725. The lowest BCUT2D eigenvalue weighted by atomic mass is 9.99. The van der Waals surface area contributed by atoms with Gasteiger partial charge in [0.2, 0.25) is 0 Å². The normalized spacial score (nSPS) is 40.0. The molecule has 0 bridgehead atoms. The number of nitrogens with zero attached hydrogens (tertiary/aromatic N) is 1. The highest BCUT2D eigenvalue weighted by atomic mass is 32.2. The summed E-state index contributed by atoms with van der Waals surface area (Å²) in [6, 6.07) is -0.946. The average molecular weight is 314 g/mol. The molecule has 2 aliphatic rings. The Kier molecular flexibility index (Phi) is 4.92. The Labute approximate surface area is 117 Å². The van der Waals surface area contributed by atoms with Crippen molar-refractivity contribution in [3.05, 3.63) is 11.9 Å². The molecule has 0 aromatic carbocycles. The third kappa shape index (κ3) is 3.09. The summed E-state index contributed by atoms with van der Waals surface area (Å²) in [6.07, 6.45) is -8.20. The molecule has 5 atom stereocenters. The summed E-state index contributed by atoms with van der Waals surface area (Å²) in [6.45, 7) is 1.60. The number of aliphatic hydroxyl groups is 1. The monoisotopic (exact) mass is 314 g/mol. The van der Waals surface area contributed by atoms with Crippen LogP contribution < -0.4 is 5.32 Å². The summed E-state index contributed by atoms with van der Waals surface area (Å²) in [4.78, 5) is 3.99. The van der Waals surface area contributed by atoms with Crippen LogP contribution in [-0.4, -0.2) is 53.1 Å². The van der Waals surface area contributed by atoms with Gasteiger partial charge in [0.05, 0.1) is 18.9 Å². The average Bonchev–Trinajstić information content (AvgIpc) is 2.83. The minimum Gasteiger partial charge on any atom is -0.387 e. The van der Waals surface area contributed by atoms with Gasteiger partial charge in [-0.25, -0.2) is 17.6 Å². The number of ether oxygens (including phenoxy) is 1. The molecule has 0 radical (unpaired) electrons. The van der Waals surface area contributed by atoms with E-state index in [0.29, 0.717) is 11.9 Å². The molecule has 9 heteroatoms. The molecule has 2 rings (SSSR count). The third-order valence-corrected chi connectivity index (χ3v) is 4.12. The number of amidine groups is 1. The predicted molar refractivity (Wildman–Crippen MR) is 67.2 cm³/mol. The van der Waals surface area contributed by atoms with Crippen LogP contribution in [0.4, 0.5) is 17.6 Å². The molecule has 0 aliphatic carbocycles. The van der Waals surface area contributed by atoms with Gasteiger partial charge in [-0.15, -0.1) is 0 Å². The first-order valence-electron chi connectivity index (χ1n) is 5.93. The summed E-state index contributed by atoms with van der Waals surface area (Å²) in [5.41, 5.74) is -0.515. The van der Waals surface area contributed by atoms with E-state index in [2.05, 4.69) is 10.3 Å². The minimum atomic E-state index is -2.97. The van der Waals surface area contributed by atoms with Gasteiger partial charge < -0.3 is 15.2 Å². The molecule has 0 aromatic heterocycles. The van der Waals surface area contributed by atoms with Gasteiger partial charge in [0, 0.05) is 0 Å². The Hall–Kier alpha value is -0.800. The summed E-state index contributed by atoms with van der Waals surface area (Å²) < 4.78 is 56.3. The van der Waals surface area contributed by atoms with Crippen molar-refractivity contribution in [2.75, 3.05) is 6.54 Å². The van der Waals surface area contributed by atoms with Crippen LogP contribution >= 0.6 is 11.8 Å². The second kappa shape index (κ2) is 6.31. The SMILES string of the molecule is CC(=CF)CN=C1NC2C(OC(C(F)F)C(O)C2F)S1. The van der Waals surface area contributed by atoms with E-state index in [1.54, 1.807) is 0 Å². The van der Waals surface area contributed by atoms with E-state index < -0.39 is 36.3 Å². The number of aliphatic imine (C=N–C) groups is 1. The molecule has 114 valence electrons. The van der Waals surface area contributed by atoms with Crippen molar-refractivity contribution in [2.45, 2.75) is 43.2 Å². The van der Waals surface area contributed by atoms with E-state index >= 15 is 0 Å². The van der Waals surface area contributed by atoms with Gasteiger partial charge in [-0.2, -0.15) is 0 Å². The van der Waals surface area contributed by atoms with Crippen LogP contribution in [-0.2, 0) is 4.74 Å². The maximum atomic E-state index is 13.9. The second-order valence-corrected chi connectivity index (χ2v) is 5.69. The number of thioether (sulfide) groups is 1. The van der Waals surface area contributed by atoms with Crippen molar-refractivity contribution in [1.29, 1.82) is 0 Å². The largest absolute Gasteiger partial charge is 0.387 e. The molecular weight excluding hydrogens is 300 g/mol. The molecule has 2 saturated heterocycles. The Morgan fingerprint density at radius 1 is 1.60 bits per heavy atom. The Balaban J connectivity index is 2.06. The summed E-state index contributed by atoms with van der Waals surface area (Å²) in [5.74, 6) is 0. The summed E-state index contributed by atoms with van der Waals surface area (Å²) in [5, 5.41) is 12.4. The number of hydrogen-bond acceptors (Lipinski definition) is 4. The number of halogens is 4. The summed E-state index contributed by atoms with van der Waals surface area (Å²) in [7, 11) is 0. The van der Waals surface area contributed by atoms with Crippen molar-refractivity contribution in [2.24, 2.45) is 4.99 Å². The van der Waals surface area contributed by atoms with Crippen molar-refractivity contribution in [1.82, 2.24) is 5.32 Å². The third-order valence-electron chi connectivity index (χ3n) is 3.02. The van der Waals surface area contributed by atoms with Crippen molar-refractivity contribution in [3.8, 4) is 0 Å². The first-order valence-corrected chi connectivity index (χ1v) is 6.81. The predicted octanol–water partition coefficient (Wildman–Crippen LogP) is 1.61. The molecule has 0 spiro atoms. The molecule has 0 aromatic rings.